The third-order valence-electron chi connectivity index (χ3n) is 2.74. The van der Waals surface area contributed by atoms with Gasteiger partial charge in [-0.1, -0.05) is 0 Å². The van der Waals surface area contributed by atoms with Crippen molar-refractivity contribution in [1.82, 2.24) is 0 Å². The standard InChI is InChI=1S/C14H13FN2O3S/c1-20-13-7-11(16)2-3-14(13)21-8-9-4-10(15)6-12(5-9)17(18)19/h2-7H,8,16H2,1H3. The Bertz CT molecular complexity index is 679. The Morgan fingerprint density at radius 2 is 2.10 bits per heavy atom. The number of anilines is 1. The second-order valence-corrected chi connectivity index (χ2v) is 5.29. The van der Waals surface area contributed by atoms with Gasteiger partial charge in [-0.15, -0.1) is 11.8 Å². The molecule has 0 unspecified atom stereocenters. The number of rotatable bonds is 5. The Labute approximate surface area is 125 Å². The number of non-ortho nitro benzene ring substituents is 1. The lowest BCUT2D eigenvalue weighted by atomic mass is 10.2. The van der Waals surface area contributed by atoms with Crippen molar-refractivity contribution in [1.29, 1.82) is 0 Å². The lowest BCUT2D eigenvalue weighted by molar-refractivity contribution is -0.385. The van der Waals surface area contributed by atoms with Crippen LogP contribution in [0.5, 0.6) is 5.75 Å². The minimum atomic E-state index is -0.621. The Morgan fingerprint density at radius 3 is 2.76 bits per heavy atom. The van der Waals surface area contributed by atoms with Crippen molar-refractivity contribution in [3.8, 4) is 5.75 Å². The van der Waals surface area contributed by atoms with E-state index in [4.69, 9.17) is 10.5 Å². The Kier molecular flexibility index (Phi) is 4.64. The predicted octanol–water partition coefficient (Wildman–Crippen LogP) is 3.62. The zero-order valence-electron chi connectivity index (χ0n) is 11.2. The average Bonchev–Trinajstić information content (AvgIpc) is 2.45. The number of hydrogen-bond acceptors (Lipinski definition) is 5. The number of ether oxygens (including phenoxy) is 1. The second-order valence-electron chi connectivity index (χ2n) is 4.27. The Hall–Kier alpha value is -2.28. The van der Waals surface area contributed by atoms with Crippen molar-refractivity contribution in [2.24, 2.45) is 0 Å². The van der Waals surface area contributed by atoms with Gasteiger partial charge in [-0.25, -0.2) is 4.39 Å². The van der Waals surface area contributed by atoms with Crippen LogP contribution < -0.4 is 10.5 Å². The van der Waals surface area contributed by atoms with Gasteiger partial charge in [-0.2, -0.15) is 0 Å². The lowest BCUT2D eigenvalue weighted by Gasteiger charge is -2.09. The molecule has 2 aromatic rings. The number of nitrogen functional groups attached to an aromatic ring is 1. The van der Waals surface area contributed by atoms with Crippen LogP contribution in [0.4, 0.5) is 15.8 Å². The number of nitro groups is 1. The first-order valence-corrected chi connectivity index (χ1v) is 6.98. The molecular formula is C14H13FN2O3S. The van der Waals surface area contributed by atoms with Gasteiger partial charge in [0.25, 0.3) is 5.69 Å². The van der Waals surface area contributed by atoms with Crippen LogP contribution in [0.15, 0.2) is 41.3 Å². The molecule has 0 aromatic heterocycles. The molecule has 0 aliphatic carbocycles. The summed E-state index contributed by atoms with van der Waals surface area (Å²) in [7, 11) is 1.53. The van der Waals surface area contributed by atoms with Crippen molar-refractivity contribution in [2.45, 2.75) is 10.6 Å². The quantitative estimate of drug-likeness (QED) is 0.395. The number of thioether (sulfide) groups is 1. The summed E-state index contributed by atoms with van der Waals surface area (Å²) in [6.45, 7) is 0. The summed E-state index contributed by atoms with van der Waals surface area (Å²) < 4.78 is 18.6. The molecule has 7 heteroatoms. The van der Waals surface area contributed by atoms with Gasteiger partial charge in [0.1, 0.15) is 11.6 Å². The molecule has 2 rings (SSSR count). The van der Waals surface area contributed by atoms with Crippen molar-refractivity contribution in [3.05, 3.63) is 57.9 Å². The minimum absolute atomic E-state index is 0.255. The molecule has 0 saturated carbocycles. The molecule has 0 radical (unpaired) electrons. The summed E-state index contributed by atoms with van der Waals surface area (Å²) in [6.07, 6.45) is 0. The molecule has 0 aliphatic heterocycles. The molecule has 2 N–H and O–H groups in total. The van der Waals surface area contributed by atoms with Crippen molar-refractivity contribution >= 4 is 23.1 Å². The number of methoxy groups -OCH3 is 1. The molecule has 5 nitrogen and oxygen atoms in total. The highest BCUT2D eigenvalue weighted by atomic mass is 32.2. The fraction of sp³-hybridized carbons (Fsp3) is 0.143. The maximum Gasteiger partial charge on any atom is 0.272 e. The number of hydrogen-bond donors (Lipinski definition) is 1. The number of nitro benzene ring substituents is 1. The van der Waals surface area contributed by atoms with Gasteiger partial charge in [-0.05, 0) is 23.8 Å². The van der Waals surface area contributed by atoms with Gasteiger partial charge in [0.05, 0.1) is 18.1 Å². The Morgan fingerprint density at radius 1 is 1.33 bits per heavy atom. The molecule has 0 amide bonds. The van der Waals surface area contributed by atoms with Gasteiger partial charge < -0.3 is 10.5 Å². The van der Waals surface area contributed by atoms with E-state index in [9.17, 15) is 14.5 Å². The van der Waals surface area contributed by atoms with Crippen LogP contribution in [0.1, 0.15) is 5.56 Å². The van der Waals surface area contributed by atoms with E-state index in [1.54, 1.807) is 18.2 Å². The highest BCUT2D eigenvalue weighted by Crippen LogP contribution is 2.33. The summed E-state index contributed by atoms with van der Waals surface area (Å²) in [5.41, 5.74) is 6.53. The highest BCUT2D eigenvalue weighted by molar-refractivity contribution is 7.98. The fourth-order valence-electron chi connectivity index (χ4n) is 1.79. The maximum atomic E-state index is 13.4. The topological polar surface area (TPSA) is 78.4 Å². The van der Waals surface area contributed by atoms with E-state index in [0.717, 1.165) is 11.0 Å². The summed E-state index contributed by atoms with van der Waals surface area (Å²) in [4.78, 5) is 10.9. The molecule has 21 heavy (non-hydrogen) atoms. The molecule has 2 aromatic carbocycles. The zero-order chi connectivity index (χ0) is 15.4. The molecule has 110 valence electrons. The van der Waals surface area contributed by atoms with Crippen LogP contribution in [-0.2, 0) is 5.75 Å². The van der Waals surface area contributed by atoms with Gasteiger partial charge in [-0.3, -0.25) is 10.1 Å². The molecule has 0 atom stereocenters. The second kappa shape index (κ2) is 6.45. The summed E-state index contributed by atoms with van der Waals surface area (Å²) in [5.74, 6) is 0.383. The van der Waals surface area contributed by atoms with E-state index in [-0.39, 0.29) is 5.69 Å². The molecule has 0 heterocycles. The normalized spacial score (nSPS) is 10.4. The fourth-order valence-corrected chi connectivity index (χ4v) is 2.72. The number of nitrogens with two attached hydrogens (primary N) is 1. The summed E-state index contributed by atoms with van der Waals surface area (Å²) in [6, 6.07) is 8.77. The van der Waals surface area contributed by atoms with Gasteiger partial charge in [0.2, 0.25) is 0 Å². The SMILES string of the molecule is COc1cc(N)ccc1SCc1cc(F)cc([N+](=O)[O-])c1. The van der Waals surface area contributed by atoms with E-state index in [0.29, 0.717) is 22.8 Å². The third kappa shape index (κ3) is 3.85. The largest absolute Gasteiger partial charge is 0.496 e. The van der Waals surface area contributed by atoms with Crippen LogP contribution in [0.3, 0.4) is 0 Å². The monoisotopic (exact) mass is 308 g/mol. The first-order valence-electron chi connectivity index (χ1n) is 6.00. The minimum Gasteiger partial charge on any atom is -0.496 e. The van der Waals surface area contributed by atoms with Crippen LogP contribution in [-0.4, -0.2) is 12.0 Å². The number of halogens is 1. The van der Waals surface area contributed by atoms with E-state index < -0.39 is 10.7 Å². The van der Waals surface area contributed by atoms with E-state index in [1.165, 1.54) is 31.0 Å². The lowest BCUT2D eigenvalue weighted by Crippen LogP contribution is -1.93. The first kappa shape index (κ1) is 15.1. The van der Waals surface area contributed by atoms with E-state index >= 15 is 0 Å². The summed E-state index contributed by atoms with van der Waals surface area (Å²) in [5, 5.41) is 10.7. The zero-order valence-corrected chi connectivity index (χ0v) is 12.0. The van der Waals surface area contributed by atoms with Crippen LogP contribution in [0.2, 0.25) is 0 Å². The van der Waals surface area contributed by atoms with Crippen LogP contribution >= 0.6 is 11.8 Å². The summed E-state index contributed by atoms with van der Waals surface area (Å²) >= 11 is 1.39. The van der Waals surface area contributed by atoms with Crippen LogP contribution in [0.25, 0.3) is 0 Å². The third-order valence-corrected chi connectivity index (χ3v) is 3.86. The van der Waals surface area contributed by atoms with E-state index in [1.807, 2.05) is 0 Å². The van der Waals surface area contributed by atoms with Crippen molar-refractivity contribution < 1.29 is 14.1 Å². The molecule has 0 bridgehead atoms. The van der Waals surface area contributed by atoms with Crippen molar-refractivity contribution in [3.63, 3.8) is 0 Å². The average molecular weight is 308 g/mol. The molecule has 0 fully saturated rings. The maximum absolute atomic E-state index is 13.4. The first-order chi connectivity index (χ1) is 9.99. The number of nitrogens with zero attached hydrogens (tertiary/aromatic N) is 1. The predicted molar refractivity (Wildman–Crippen MR) is 80.0 cm³/mol. The Balaban J connectivity index is 2.18. The molecule has 0 spiro atoms. The molecule has 0 aliphatic rings. The van der Waals surface area contributed by atoms with E-state index in [2.05, 4.69) is 0 Å². The molecular weight excluding hydrogens is 295 g/mol. The smallest absolute Gasteiger partial charge is 0.272 e. The van der Waals surface area contributed by atoms with Gasteiger partial charge >= 0.3 is 0 Å². The van der Waals surface area contributed by atoms with Crippen LogP contribution in [0, 0.1) is 15.9 Å². The number of benzene rings is 2. The molecule has 0 saturated heterocycles. The van der Waals surface area contributed by atoms with Gasteiger partial charge in [0, 0.05) is 28.5 Å². The van der Waals surface area contributed by atoms with Gasteiger partial charge in [0.15, 0.2) is 0 Å². The highest BCUT2D eigenvalue weighted by Gasteiger charge is 2.11. The van der Waals surface area contributed by atoms with Crippen molar-refractivity contribution in [2.75, 3.05) is 12.8 Å².